The van der Waals surface area contributed by atoms with E-state index in [4.69, 9.17) is 5.73 Å². The van der Waals surface area contributed by atoms with E-state index < -0.39 is 0 Å². The fraction of sp³-hybridized carbons (Fsp3) is 0.0588. The molecule has 0 bridgehead atoms. The molecule has 0 amide bonds. The lowest BCUT2D eigenvalue weighted by molar-refractivity contribution is 1.10. The van der Waals surface area contributed by atoms with E-state index in [0.29, 0.717) is 18.0 Å². The molecule has 0 saturated carbocycles. The van der Waals surface area contributed by atoms with Gasteiger partial charge >= 0.3 is 0 Å². The van der Waals surface area contributed by atoms with Crippen LogP contribution in [-0.4, -0.2) is 24.9 Å². The van der Waals surface area contributed by atoms with E-state index in [0.717, 1.165) is 22.3 Å². The van der Waals surface area contributed by atoms with Crippen LogP contribution in [0, 0.1) is 0 Å². The summed E-state index contributed by atoms with van der Waals surface area (Å²) >= 11 is 0. The number of pyridine rings is 1. The summed E-state index contributed by atoms with van der Waals surface area (Å²) in [6, 6.07) is 14.1. The number of nitrogens with two attached hydrogens (primary N) is 1. The summed E-state index contributed by atoms with van der Waals surface area (Å²) < 4.78 is 0. The van der Waals surface area contributed by atoms with Gasteiger partial charge in [-0.1, -0.05) is 30.3 Å². The predicted octanol–water partition coefficient (Wildman–Crippen LogP) is 2.61. The van der Waals surface area contributed by atoms with Crippen LogP contribution in [0.5, 0.6) is 0 Å². The minimum atomic E-state index is 0.197. The largest absolute Gasteiger partial charge is 0.368 e. The average Bonchev–Trinajstić information content (AvgIpc) is 3.09. The number of aromatic nitrogens is 5. The highest BCUT2D eigenvalue weighted by molar-refractivity contribution is 5.83. The Bertz CT molecular complexity index is 961. The number of H-pyrrole nitrogens is 1. The second kappa shape index (κ2) is 5.96. The van der Waals surface area contributed by atoms with Crippen molar-refractivity contribution in [2.45, 2.75) is 6.54 Å². The lowest BCUT2D eigenvalue weighted by atomic mass is 10.1. The maximum atomic E-state index is 5.71. The van der Waals surface area contributed by atoms with Gasteiger partial charge in [0.15, 0.2) is 11.5 Å². The minimum Gasteiger partial charge on any atom is -0.368 e. The van der Waals surface area contributed by atoms with Gasteiger partial charge < -0.3 is 16.0 Å². The van der Waals surface area contributed by atoms with Crippen molar-refractivity contribution in [3.05, 3.63) is 60.6 Å². The fourth-order valence-electron chi connectivity index (χ4n) is 2.49. The number of nitrogens with zero attached hydrogens (tertiary/aromatic N) is 4. The summed E-state index contributed by atoms with van der Waals surface area (Å²) in [5.41, 5.74) is 10.2. The molecular weight excluding hydrogens is 302 g/mol. The number of nitrogens with one attached hydrogen (secondary N) is 2. The molecule has 3 heterocycles. The number of hydrogen-bond donors (Lipinski definition) is 3. The van der Waals surface area contributed by atoms with Gasteiger partial charge in [0.2, 0.25) is 5.95 Å². The SMILES string of the molecule is Nc1nc(NCc2ccc(-c3ccccn3)cc2)c2[nH]cnc2n1. The molecule has 4 aromatic rings. The van der Waals surface area contributed by atoms with Crippen LogP contribution in [-0.2, 0) is 6.54 Å². The molecule has 0 aliphatic heterocycles. The Morgan fingerprint density at radius 3 is 2.67 bits per heavy atom. The maximum Gasteiger partial charge on any atom is 0.224 e. The van der Waals surface area contributed by atoms with Crippen molar-refractivity contribution in [3.8, 4) is 11.3 Å². The van der Waals surface area contributed by atoms with Crippen molar-refractivity contribution in [1.29, 1.82) is 0 Å². The molecule has 0 saturated heterocycles. The Morgan fingerprint density at radius 2 is 1.88 bits per heavy atom. The van der Waals surface area contributed by atoms with Gasteiger partial charge in [0.25, 0.3) is 0 Å². The van der Waals surface area contributed by atoms with Crippen LogP contribution >= 0.6 is 0 Å². The summed E-state index contributed by atoms with van der Waals surface area (Å²) in [6.07, 6.45) is 3.37. The number of anilines is 2. The van der Waals surface area contributed by atoms with Crippen LogP contribution in [0.1, 0.15) is 5.56 Å². The molecule has 0 unspecified atom stereocenters. The molecule has 1 aromatic carbocycles. The molecule has 24 heavy (non-hydrogen) atoms. The van der Waals surface area contributed by atoms with Crippen molar-refractivity contribution in [2.24, 2.45) is 0 Å². The Morgan fingerprint density at radius 1 is 1.00 bits per heavy atom. The Labute approximate surface area is 138 Å². The zero-order valence-corrected chi connectivity index (χ0v) is 12.8. The molecule has 0 spiro atoms. The molecule has 0 fully saturated rings. The summed E-state index contributed by atoms with van der Waals surface area (Å²) in [4.78, 5) is 19.8. The molecular formula is C17H15N7. The molecule has 0 aliphatic rings. The first-order valence-corrected chi connectivity index (χ1v) is 7.50. The highest BCUT2D eigenvalue weighted by Gasteiger charge is 2.08. The van der Waals surface area contributed by atoms with Gasteiger partial charge in [0, 0.05) is 18.3 Å². The van der Waals surface area contributed by atoms with Gasteiger partial charge in [0.05, 0.1) is 12.0 Å². The molecule has 0 radical (unpaired) electrons. The smallest absolute Gasteiger partial charge is 0.224 e. The van der Waals surface area contributed by atoms with Gasteiger partial charge in [-0.2, -0.15) is 9.97 Å². The number of rotatable bonds is 4. The fourth-order valence-corrected chi connectivity index (χ4v) is 2.49. The molecule has 3 aromatic heterocycles. The highest BCUT2D eigenvalue weighted by Crippen LogP contribution is 2.20. The predicted molar refractivity (Wildman–Crippen MR) is 93.1 cm³/mol. The van der Waals surface area contributed by atoms with Crippen LogP contribution < -0.4 is 11.1 Å². The normalized spacial score (nSPS) is 10.8. The number of fused-ring (bicyclic) bond motifs is 1. The first-order chi connectivity index (χ1) is 11.8. The van der Waals surface area contributed by atoms with Crippen molar-refractivity contribution >= 4 is 22.9 Å². The van der Waals surface area contributed by atoms with Crippen LogP contribution in [0.15, 0.2) is 55.0 Å². The molecule has 7 nitrogen and oxygen atoms in total. The third-order valence-corrected chi connectivity index (χ3v) is 3.68. The third kappa shape index (κ3) is 2.74. The number of nitrogen functional groups attached to an aromatic ring is 1. The summed E-state index contributed by atoms with van der Waals surface area (Å²) in [5.74, 6) is 0.839. The quantitative estimate of drug-likeness (QED) is 0.534. The molecule has 0 aliphatic carbocycles. The van der Waals surface area contributed by atoms with E-state index in [1.54, 1.807) is 12.5 Å². The second-order valence-electron chi connectivity index (χ2n) is 5.30. The summed E-state index contributed by atoms with van der Waals surface area (Å²) in [7, 11) is 0. The van der Waals surface area contributed by atoms with Gasteiger partial charge in [-0.15, -0.1) is 0 Å². The van der Waals surface area contributed by atoms with E-state index in [9.17, 15) is 0 Å². The van der Waals surface area contributed by atoms with Crippen LogP contribution in [0.25, 0.3) is 22.4 Å². The number of imidazole rings is 1. The van der Waals surface area contributed by atoms with Crippen molar-refractivity contribution in [1.82, 2.24) is 24.9 Å². The lowest BCUT2D eigenvalue weighted by Gasteiger charge is -2.08. The highest BCUT2D eigenvalue weighted by atomic mass is 15.1. The van der Waals surface area contributed by atoms with Gasteiger partial charge in [-0.25, -0.2) is 4.98 Å². The van der Waals surface area contributed by atoms with Crippen LogP contribution in [0.4, 0.5) is 11.8 Å². The lowest BCUT2D eigenvalue weighted by Crippen LogP contribution is -2.05. The molecule has 0 atom stereocenters. The number of hydrogen-bond acceptors (Lipinski definition) is 6. The maximum absolute atomic E-state index is 5.71. The van der Waals surface area contributed by atoms with Crippen molar-refractivity contribution < 1.29 is 0 Å². The Kier molecular flexibility index (Phi) is 3.51. The molecule has 4 rings (SSSR count). The van der Waals surface area contributed by atoms with Crippen LogP contribution in [0.2, 0.25) is 0 Å². The first kappa shape index (κ1) is 14.1. The second-order valence-corrected chi connectivity index (χ2v) is 5.30. The summed E-state index contributed by atoms with van der Waals surface area (Å²) in [6.45, 7) is 0.618. The van der Waals surface area contributed by atoms with Crippen molar-refractivity contribution in [2.75, 3.05) is 11.1 Å². The number of aromatic amines is 1. The molecule has 4 N–H and O–H groups in total. The van der Waals surface area contributed by atoms with E-state index in [-0.39, 0.29) is 5.95 Å². The van der Waals surface area contributed by atoms with E-state index in [1.165, 1.54) is 0 Å². The summed E-state index contributed by atoms with van der Waals surface area (Å²) in [5, 5.41) is 3.27. The molecule has 7 heteroatoms. The Balaban J connectivity index is 1.52. The number of benzene rings is 1. The van der Waals surface area contributed by atoms with Crippen molar-refractivity contribution in [3.63, 3.8) is 0 Å². The topological polar surface area (TPSA) is 105 Å². The monoisotopic (exact) mass is 317 g/mol. The van der Waals surface area contributed by atoms with Gasteiger partial charge in [-0.05, 0) is 17.7 Å². The minimum absolute atomic E-state index is 0.197. The van der Waals surface area contributed by atoms with E-state index in [1.807, 2.05) is 18.2 Å². The average molecular weight is 317 g/mol. The van der Waals surface area contributed by atoms with Gasteiger partial charge in [0.1, 0.15) is 5.52 Å². The zero-order valence-electron chi connectivity index (χ0n) is 12.8. The Hall–Kier alpha value is -3.48. The third-order valence-electron chi connectivity index (χ3n) is 3.68. The first-order valence-electron chi connectivity index (χ1n) is 7.50. The zero-order chi connectivity index (χ0) is 16.4. The van der Waals surface area contributed by atoms with Crippen LogP contribution in [0.3, 0.4) is 0 Å². The molecule has 118 valence electrons. The van der Waals surface area contributed by atoms with Gasteiger partial charge in [-0.3, -0.25) is 4.98 Å². The standard InChI is InChI=1S/C17H15N7/c18-17-23-15(14-16(24-17)22-10-21-14)20-9-11-4-6-12(7-5-11)13-3-1-2-8-19-13/h1-8,10H,9H2,(H4,18,20,21,22,23,24). The van der Waals surface area contributed by atoms with E-state index >= 15 is 0 Å². The van der Waals surface area contributed by atoms with E-state index in [2.05, 4.69) is 54.5 Å².